The van der Waals surface area contributed by atoms with E-state index < -0.39 is 0 Å². The summed E-state index contributed by atoms with van der Waals surface area (Å²) in [5, 5.41) is 0. The summed E-state index contributed by atoms with van der Waals surface area (Å²) in [5.41, 5.74) is 3.52. The van der Waals surface area contributed by atoms with Crippen LogP contribution in [0, 0.1) is 5.92 Å². The second-order valence-corrected chi connectivity index (χ2v) is 9.34. The number of rotatable bonds is 6. The number of ether oxygens (including phenoxy) is 1. The largest absolute Gasteiger partial charge is 0.496 e. The minimum absolute atomic E-state index is 0.0701. The van der Waals surface area contributed by atoms with E-state index >= 15 is 0 Å². The fraction of sp³-hybridized carbons (Fsp3) is 0.393. The molecule has 1 aromatic heterocycles. The third-order valence-electron chi connectivity index (χ3n) is 7.03. The topological polar surface area (TPSA) is 61.8 Å². The summed E-state index contributed by atoms with van der Waals surface area (Å²) in [4.78, 5) is 28.7. The molecule has 2 aliphatic heterocycles. The molecule has 3 aromatic rings. The van der Waals surface area contributed by atoms with E-state index in [1.54, 1.807) is 19.5 Å². The van der Waals surface area contributed by atoms with Gasteiger partial charge >= 0.3 is 0 Å². The number of aromatic nitrogens is 2. The van der Waals surface area contributed by atoms with Gasteiger partial charge in [0.1, 0.15) is 5.75 Å². The smallest absolute Gasteiger partial charge is 0.227 e. The van der Waals surface area contributed by atoms with Crippen molar-refractivity contribution < 1.29 is 9.53 Å². The molecule has 35 heavy (non-hydrogen) atoms. The second-order valence-electron chi connectivity index (χ2n) is 9.34. The number of para-hydroxylation sites is 1. The third-order valence-corrected chi connectivity index (χ3v) is 7.03. The highest BCUT2D eigenvalue weighted by molar-refractivity contribution is 5.79. The van der Waals surface area contributed by atoms with Crippen LogP contribution in [0.15, 0.2) is 67.0 Å². The maximum absolute atomic E-state index is 13.3. The Bertz CT molecular complexity index is 1130. The molecule has 2 fully saturated rings. The van der Waals surface area contributed by atoms with Crippen LogP contribution in [-0.2, 0) is 11.3 Å². The summed E-state index contributed by atoms with van der Waals surface area (Å²) in [7, 11) is 1.71. The molecule has 3 heterocycles. The normalized spacial score (nSPS) is 18.9. The van der Waals surface area contributed by atoms with E-state index in [1.807, 2.05) is 29.2 Å². The van der Waals surface area contributed by atoms with Gasteiger partial charge in [0.15, 0.2) is 0 Å². The van der Waals surface area contributed by atoms with Crippen LogP contribution in [0.2, 0.25) is 0 Å². The SMILES string of the molecule is COc1ccccc1-c1cccc(CN2CCCC(C(=O)N3CCN(c4ncccn4)CC3)C2)c1. The van der Waals surface area contributed by atoms with Gasteiger partial charge in [0, 0.05) is 57.2 Å². The summed E-state index contributed by atoms with van der Waals surface area (Å²) in [6, 6.07) is 18.6. The number of benzene rings is 2. The molecule has 1 unspecified atom stereocenters. The highest BCUT2D eigenvalue weighted by Gasteiger charge is 2.31. The maximum Gasteiger partial charge on any atom is 0.227 e. The predicted octanol–water partition coefficient (Wildman–Crippen LogP) is 3.71. The number of piperazine rings is 1. The first kappa shape index (κ1) is 23.3. The Labute approximate surface area is 207 Å². The molecule has 5 rings (SSSR count). The summed E-state index contributed by atoms with van der Waals surface area (Å²) in [5.74, 6) is 2.00. The van der Waals surface area contributed by atoms with Crippen LogP contribution in [0.25, 0.3) is 11.1 Å². The van der Waals surface area contributed by atoms with Gasteiger partial charge in [0.05, 0.1) is 13.0 Å². The lowest BCUT2D eigenvalue weighted by Crippen LogP contribution is -2.52. The minimum Gasteiger partial charge on any atom is -0.496 e. The van der Waals surface area contributed by atoms with E-state index in [2.05, 4.69) is 50.1 Å². The van der Waals surface area contributed by atoms with E-state index in [0.717, 1.165) is 81.5 Å². The second kappa shape index (κ2) is 10.9. The van der Waals surface area contributed by atoms with Gasteiger partial charge in [-0.25, -0.2) is 9.97 Å². The molecule has 0 N–H and O–H groups in total. The van der Waals surface area contributed by atoms with E-state index in [-0.39, 0.29) is 5.92 Å². The van der Waals surface area contributed by atoms with Crippen molar-refractivity contribution in [2.24, 2.45) is 5.92 Å². The highest BCUT2D eigenvalue weighted by atomic mass is 16.5. The van der Waals surface area contributed by atoms with Gasteiger partial charge in [-0.15, -0.1) is 0 Å². The van der Waals surface area contributed by atoms with Crippen molar-refractivity contribution in [3.05, 3.63) is 72.6 Å². The first-order chi connectivity index (χ1) is 17.2. The van der Waals surface area contributed by atoms with Crippen molar-refractivity contribution in [2.75, 3.05) is 51.3 Å². The van der Waals surface area contributed by atoms with Gasteiger partial charge in [0.2, 0.25) is 11.9 Å². The fourth-order valence-electron chi connectivity index (χ4n) is 5.22. The van der Waals surface area contributed by atoms with Crippen LogP contribution in [0.5, 0.6) is 5.75 Å². The van der Waals surface area contributed by atoms with Crippen LogP contribution in [0.4, 0.5) is 5.95 Å². The van der Waals surface area contributed by atoms with Crippen molar-refractivity contribution in [2.45, 2.75) is 19.4 Å². The number of methoxy groups -OCH3 is 1. The number of amides is 1. The Balaban J connectivity index is 1.19. The lowest BCUT2D eigenvalue weighted by Gasteiger charge is -2.39. The number of carbonyl (C=O) groups excluding carboxylic acids is 1. The van der Waals surface area contributed by atoms with Crippen molar-refractivity contribution in [1.82, 2.24) is 19.8 Å². The molecule has 182 valence electrons. The zero-order valence-corrected chi connectivity index (χ0v) is 20.3. The van der Waals surface area contributed by atoms with Crippen molar-refractivity contribution in [3.63, 3.8) is 0 Å². The van der Waals surface area contributed by atoms with Gasteiger partial charge in [-0.3, -0.25) is 9.69 Å². The molecular formula is C28H33N5O2. The number of nitrogens with zero attached hydrogens (tertiary/aromatic N) is 5. The third kappa shape index (κ3) is 5.46. The number of piperidine rings is 1. The van der Waals surface area contributed by atoms with E-state index in [4.69, 9.17) is 4.74 Å². The number of anilines is 1. The molecule has 7 nitrogen and oxygen atoms in total. The van der Waals surface area contributed by atoms with Gasteiger partial charge in [0.25, 0.3) is 0 Å². The minimum atomic E-state index is 0.0701. The summed E-state index contributed by atoms with van der Waals surface area (Å²) in [6.07, 6.45) is 5.56. The molecule has 0 bridgehead atoms. The van der Waals surface area contributed by atoms with Gasteiger partial charge in [-0.1, -0.05) is 36.4 Å². The first-order valence-electron chi connectivity index (χ1n) is 12.5. The fourth-order valence-corrected chi connectivity index (χ4v) is 5.22. The zero-order valence-electron chi connectivity index (χ0n) is 20.3. The van der Waals surface area contributed by atoms with Crippen molar-refractivity contribution >= 4 is 11.9 Å². The maximum atomic E-state index is 13.3. The molecule has 1 atom stereocenters. The Morgan fingerprint density at radius 1 is 0.971 bits per heavy atom. The van der Waals surface area contributed by atoms with Gasteiger partial charge in [-0.05, 0) is 48.7 Å². The molecule has 7 heteroatoms. The molecular weight excluding hydrogens is 438 g/mol. The van der Waals surface area contributed by atoms with E-state index in [9.17, 15) is 4.79 Å². The summed E-state index contributed by atoms with van der Waals surface area (Å²) >= 11 is 0. The Kier molecular flexibility index (Phi) is 7.23. The monoisotopic (exact) mass is 471 g/mol. The Hall–Kier alpha value is -3.45. The predicted molar refractivity (Wildman–Crippen MR) is 137 cm³/mol. The average molecular weight is 472 g/mol. The number of hydrogen-bond acceptors (Lipinski definition) is 6. The molecule has 0 saturated carbocycles. The molecule has 0 radical (unpaired) electrons. The molecule has 2 saturated heterocycles. The molecule has 1 amide bonds. The van der Waals surface area contributed by atoms with Gasteiger partial charge < -0.3 is 14.5 Å². The molecule has 2 aromatic carbocycles. The standard InChI is InChI=1S/C28H33N5O2/c1-35-26-11-3-2-10-25(26)23-8-4-7-22(19-23)20-31-14-5-9-24(21-31)27(34)32-15-17-33(18-16-32)28-29-12-6-13-30-28/h2-4,6-8,10-13,19,24H,5,9,14-18,20-21H2,1H3. The number of carbonyl (C=O) groups is 1. The van der Waals surface area contributed by atoms with Crippen LogP contribution in [-0.4, -0.2) is 72.1 Å². The van der Waals surface area contributed by atoms with Crippen molar-refractivity contribution in [1.29, 1.82) is 0 Å². The number of hydrogen-bond donors (Lipinski definition) is 0. The lowest BCUT2D eigenvalue weighted by molar-refractivity contribution is -0.137. The average Bonchev–Trinajstić information content (AvgIpc) is 2.93. The molecule has 0 aliphatic carbocycles. The zero-order chi connectivity index (χ0) is 24.0. The van der Waals surface area contributed by atoms with Gasteiger partial charge in [-0.2, -0.15) is 0 Å². The van der Waals surface area contributed by atoms with Crippen LogP contribution in [0.3, 0.4) is 0 Å². The first-order valence-corrected chi connectivity index (χ1v) is 12.5. The van der Waals surface area contributed by atoms with Crippen LogP contribution >= 0.6 is 0 Å². The molecule has 0 spiro atoms. The summed E-state index contributed by atoms with van der Waals surface area (Å²) in [6.45, 7) is 5.72. The Morgan fingerprint density at radius 2 is 1.77 bits per heavy atom. The molecule has 2 aliphatic rings. The summed E-state index contributed by atoms with van der Waals surface area (Å²) < 4.78 is 5.56. The van der Waals surface area contributed by atoms with Crippen molar-refractivity contribution in [3.8, 4) is 16.9 Å². The quantitative estimate of drug-likeness (QED) is 0.546. The van der Waals surface area contributed by atoms with Crippen LogP contribution in [0.1, 0.15) is 18.4 Å². The Morgan fingerprint density at radius 3 is 2.57 bits per heavy atom. The lowest BCUT2D eigenvalue weighted by atomic mass is 9.95. The van der Waals surface area contributed by atoms with E-state index in [0.29, 0.717) is 5.91 Å². The highest BCUT2D eigenvalue weighted by Crippen LogP contribution is 2.30. The number of likely N-dealkylation sites (tertiary alicyclic amines) is 1. The van der Waals surface area contributed by atoms with E-state index in [1.165, 1.54) is 5.56 Å². The van der Waals surface area contributed by atoms with Crippen LogP contribution < -0.4 is 9.64 Å².